The van der Waals surface area contributed by atoms with Crippen LogP contribution in [0, 0.1) is 5.92 Å². The van der Waals surface area contributed by atoms with E-state index in [0.717, 1.165) is 18.0 Å². The van der Waals surface area contributed by atoms with E-state index in [1.165, 1.54) is 19.1 Å². The van der Waals surface area contributed by atoms with Crippen LogP contribution >= 0.6 is 0 Å². The lowest BCUT2D eigenvalue weighted by Gasteiger charge is -2.25. The van der Waals surface area contributed by atoms with Crippen LogP contribution in [-0.2, 0) is 14.6 Å². The Hall–Kier alpha value is -1.40. The first kappa shape index (κ1) is 17.0. The van der Waals surface area contributed by atoms with E-state index in [4.69, 9.17) is 0 Å². The van der Waals surface area contributed by atoms with E-state index in [1.54, 1.807) is 36.2 Å². The Labute approximate surface area is 132 Å². The molecule has 122 valence electrons. The third kappa shape index (κ3) is 4.55. The molecule has 1 aliphatic rings. The normalized spacial score (nSPS) is 16.3. The van der Waals surface area contributed by atoms with Gasteiger partial charge >= 0.3 is 0 Å². The summed E-state index contributed by atoms with van der Waals surface area (Å²) in [5.41, 5.74) is 0.922. The van der Waals surface area contributed by atoms with E-state index in [1.807, 2.05) is 6.92 Å². The average molecular weight is 324 g/mol. The van der Waals surface area contributed by atoms with E-state index in [-0.39, 0.29) is 11.9 Å². The molecule has 1 aromatic carbocycles. The minimum absolute atomic E-state index is 0.0420. The zero-order chi connectivity index (χ0) is 16.3. The van der Waals surface area contributed by atoms with Crippen molar-refractivity contribution in [3.05, 3.63) is 29.8 Å². The van der Waals surface area contributed by atoms with Crippen molar-refractivity contribution in [2.75, 3.05) is 26.4 Å². The minimum atomic E-state index is -3.19. The quantitative estimate of drug-likeness (QED) is 0.827. The van der Waals surface area contributed by atoms with Crippen LogP contribution in [0.1, 0.15) is 31.4 Å². The second-order valence-corrected chi connectivity index (χ2v) is 8.11. The van der Waals surface area contributed by atoms with E-state index < -0.39 is 9.84 Å². The summed E-state index contributed by atoms with van der Waals surface area (Å²) in [4.78, 5) is 14.1. The molecule has 6 heteroatoms. The Morgan fingerprint density at radius 1 is 1.32 bits per heavy atom. The van der Waals surface area contributed by atoms with E-state index >= 15 is 0 Å². The molecule has 0 aromatic heterocycles. The second kappa shape index (κ2) is 6.79. The average Bonchev–Trinajstić information content (AvgIpc) is 3.29. The van der Waals surface area contributed by atoms with Crippen LogP contribution in [0.15, 0.2) is 29.2 Å². The highest BCUT2D eigenvalue weighted by atomic mass is 32.2. The monoisotopic (exact) mass is 324 g/mol. The van der Waals surface area contributed by atoms with Crippen molar-refractivity contribution in [3.63, 3.8) is 0 Å². The fourth-order valence-corrected chi connectivity index (χ4v) is 2.89. The lowest BCUT2D eigenvalue weighted by atomic mass is 10.1. The van der Waals surface area contributed by atoms with Crippen molar-refractivity contribution in [2.24, 2.45) is 5.92 Å². The summed E-state index contributed by atoms with van der Waals surface area (Å²) in [5.74, 6) is 0.791. The van der Waals surface area contributed by atoms with Crippen LogP contribution in [0.4, 0.5) is 0 Å². The Morgan fingerprint density at radius 3 is 2.41 bits per heavy atom. The van der Waals surface area contributed by atoms with E-state index in [2.05, 4.69) is 5.32 Å². The molecule has 1 fully saturated rings. The first-order valence-electron chi connectivity index (χ1n) is 7.55. The fraction of sp³-hybridized carbons (Fsp3) is 0.562. The lowest BCUT2D eigenvalue weighted by Crippen LogP contribution is -2.37. The van der Waals surface area contributed by atoms with Crippen molar-refractivity contribution in [3.8, 4) is 0 Å². The maximum atomic E-state index is 12.2. The zero-order valence-corrected chi connectivity index (χ0v) is 14.2. The molecule has 1 unspecified atom stereocenters. The number of hydrogen-bond donors (Lipinski definition) is 1. The van der Waals surface area contributed by atoms with Crippen molar-refractivity contribution in [1.82, 2.24) is 10.2 Å². The molecule has 1 aliphatic carbocycles. The molecular formula is C16H24N2O3S. The van der Waals surface area contributed by atoms with Gasteiger partial charge in [-0.05, 0) is 49.9 Å². The van der Waals surface area contributed by atoms with Gasteiger partial charge in [0.25, 0.3) is 0 Å². The molecule has 0 saturated heterocycles. The van der Waals surface area contributed by atoms with Crippen LogP contribution in [0.2, 0.25) is 0 Å². The molecule has 1 saturated carbocycles. The van der Waals surface area contributed by atoms with Crippen molar-refractivity contribution < 1.29 is 13.2 Å². The molecule has 0 spiro atoms. The number of amides is 1. The topological polar surface area (TPSA) is 66.5 Å². The van der Waals surface area contributed by atoms with Gasteiger partial charge in [-0.2, -0.15) is 0 Å². The van der Waals surface area contributed by atoms with Crippen LogP contribution in [0.5, 0.6) is 0 Å². The number of carbonyl (C=O) groups excluding carboxylic acids is 1. The smallest absolute Gasteiger partial charge is 0.236 e. The van der Waals surface area contributed by atoms with Gasteiger partial charge in [-0.15, -0.1) is 0 Å². The highest BCUT2D eigenvalue weighted by Crippen LogP contribution is 2.27. The second-order valence-electron chi connectivity index (χ2n) is 6.10. The Kier molecular flexibility index (Phi) is 5.24. The maximum absolute atomic E-state index is 12.2. The maximum Gasteiger partial charge on any atom is 0.236 e. The van der Waals surface area contributed by atoms with Crippen LogP contribution in [0.3, 0.4) is 0 Å². The number of benzene rings is 1. The largest absolute Gasteiger partial charge is 0.338 e. The molecule has 1 atom stereocenters. The predicted molar refractivity (Wildman–Crippen MR) is 86.3 cm³/mol. The summed E-state index contributed by atoms with van der Waals surface area (Å²) in [5, 5.41) is 3.19. The third-order valence-corrected chi connectivity index (χ3v) is 5.30. The molecule has 0 radical (unpaired) electrons. The summed E-state index contributed by atoms with van der Waals surface area (Å²) < 4.78 is 22.9. The number of hydrogen-bond acceptors (Lipinski definition) is 4. The predicted octanol–water partition coefficient (Wildman–Crippen LogP) is 1.61. The van der Waals surface area contributed by atoms with E-state index in [0.29, 0.717) is 11.4 Å². The van der Waals surface area contributed by atoms with Gasteiger partial charge in [0.15, 0.2) is 9.84 Å². The number of carbonyl (C=O) groups is 1. The highest BCUT2D eigenvalue weighted by molar-refractivity contribution is 7.90. The fourth-order valence-electron chi connectivity index (χ4n) is 2.26. The van der Waals surface area contributed by atoms with E-state index in [9.17, 15) is 13.2 Å². The molecular weight excluding hydrogens is 300 g/mol. The standard InChI is InChI=1S/C16H24N2O3S/c1-12(14-6-8-15(9-7-14)22(3,20)21)18(2)16(19)11-17-10-13-4-5-13/h6-9,12-13,17H,4-5,10-11H2,1-3H3. The molecule has 2 rings (SSSR count). The van der Waals surface area contributed by atoms with Gasteiger partial charge < -0.3 is 10.2 Å². The summed E-state index contributed by atoms with van der Waals surface area (Å²) >= 11 is 0. The minimum Gasteiger partial charge on any atom is -0.338 e. The Morgan fingerprint density at radius 2 is 1.91 bits per heavy atom. The summed E-state index contributed by atoms with van der Waals surface area (Å²) in [7, 11) is -1.41. The SMILES string of the molecule is CC(c1ccc(S(C)(=O)=O)cc1)N(C)C(=O)CNCC1CC1. The zero-order valence-electron chi connectivity index (χ0n) is 13.4. The molecule has 0 aliphatic heterocycles. The first-order chi connectivity index (χ1) is 10.3. The molecule has 22 heavy (non-hydrogen) atoms. The molecule has 1 N–H and O–H groups in total. The summed E-state index contributed by atoms with van der Waals surface area (Å²) in [6.07, 6.45) is 3.72. The van der Waals surface area contributed by atoms with Gasteiger partial charge in [0.1, 0.15) is 0 Å². The highest BCUT2D eigenvalue weighted by Gasteiger charge is 2.22. The summed E-state index contributed by atoms with van der Waals surface area (Å²) in [6, 6.07) is 6.62. The summed E-state index contributed by atoms with van der Waals surface area (Å²) in [6.45, 7) is 3.20. The van der Waals surface area contributed by atoms with Crippen LogP contribution in [0.25, 0.3) is 0 Å². The van der Waals surface area contributed by atoms with Crippen LogP contribution < -0.4 is 5.32 Å². The molecule has 1 amide bonds. The molecule has 5 nitrogen and oxygen atoms in total. The van der Waals surface area contributed by atoms with Gasteiger partial charge in [0, 0.05) is 13.3 Å². The first-order valence-corrected chi connectivity index (χ1v) is 9.44. The number of sulfone groups is 1. The lowest BCUT2D eigenvalue weighted by molar-refractivity contribution is -0.130. The van der Waals surface area contributed by atoms with Gasteiger partial charge in [-0.3, -0.25) is 4.79 Å². The van der Waals surface area contributed by atoms with Gasteiger partial charge in [0.2, 0.25) is 5.91 Å². The van der Waals surface area contributed by atoms with Crippen LogP contribution in [-0.4, -0.2) is 45.6 Å². The number of likely N-dealkylation sites (N-methyl/N-ethyl adjacent to an activating group) is 1. The van der Waals surface area contributed by atoms with Crippen molar-refractivity contribution in [2.45, 2.75) is 30.7 Å². The number of rotatable bonds is 7. The Bertz CT molecular complexity index is 621. The van der Waals surface area contributed by atoms with Gasteiger partial charge in [0.05, 0.1) is 17.5 Å². The van der Waals surface area contributed by atoms with Crippen molar-refractivity contribution in [1.29, 1.82) is 0 Å². The van der Waals surface area contributed by atoms with Crippen molar-refractivity contribution >= 4 is 15.7 Å². The van der Waals surface area contributed by atoms with Gasteiger partial charge in [-0.25, -0.2) is 8.42 Å². The number of nitrogens with one attached hydrogen (secondary N) is 1. The number of nitrogens with zero attached hydrogens (tertiary/aromatic N) is 1. The third-order valence-electron chi connectivity index (χ3n) is 4.17. The van der Waals surface area contributed by atoms with Gasteiger partial charge in [-0.1, -0.05) is 12.1 Å². The Balaban J connectivity index is 1.93. The molecule has 0 bridgehead atoms. The molecule has 1 aromatic rings. The molecule has 0 heterocycles.